The van der Waals surface area contributed by atoms with Crippen LogP contribution in [0, 0.1) is 0 Å². The van der Waals surface area contributed by atoms with Crippen molar-refractivity contribution in [2.45, 2.75) is 19.4 Å². The molecule has 0 fully saturated rings. The van der Waals surface area contributed by atoms with Crippen molar-refractivity contribution in [1.82, 2.24) is 4.98 Å². The van der Waals surface area contributed by atoms with E-state index in [4.69, 9.17) is 10.8 Å². The number of nitrogens with zero attached hydrogens (tertiary/aromatic N) is 1. The summed E-state index contributed by atoms with van der Waals surface area (Å²) in [7, 11) is 0. The molecular formula is C8H12N2O. The summed E-state index contributed by atoms with van der Waals surface area (Å²) in [5, 5.41) is 9.02. The molecule has 0 spiro atoms. The molecule has 1 heterocycles. The van der Waals surface area contributed by atoms with Gasteiger partial charge in [0.25, 0.3) is 0 Å². The van der Waals surface area contributed by atoms with Crippen molar-refractivity contribution < 1.29 is 5.11 Å². The first-order chi connectivity index (χ1) is 5.18. The Bertz CT molecular complexity index is 235. The molecule has 3 nitrogen and oxygen atoms in total. The van der Waals surface area contributed by atoms with Gasteiger partial charge in [-0.3, -0.25) is 0 Å². The minimum Gasteiger partial charge on any atom is -0.393 e. The van der Waals surface area contributed by atoms with Crippen molar-refractivity contribution >= 4 is 5.82 Å². The maximum absolute atomic E-state index is 9.02. The SMILES string of the molecule is CC(O)Cc1cccc(N)n1. The van der Waals surface area contributed by atoms with Crippen LogP contribution in [0.3, 0.4) is 0 Å². The molecule has 1 aromatic rings. The Kier molecular flexibility index (Phi) is 2.44. The molecule has 0 radical (unpaired) electrons. The van der Waals surface area contributed by atoms with E-state index in [1.165, 1.54) is 0 Å². The van der Waals surface area contributed by atoms with Gasteiger partial charge in [-0.15, -0.1) is 0 Å². The van der Waals surface area contributed by atoms with Crippen LogP contribution in [0.15, 0.2) is 18.2 Å². The van der Waals surface area contributed by atoms with E-state index in [-0.39, 0.29) is 6.10 Å². The lowest BCUT2D eigenvalue weighted by molar-refractivity contribution is 0.194. The molecule has 1 unspecified atom stereocenters. The number of nitrogen functional groups attached to an aromatic ring is 1. The molecule has 1 aromatic heterocycles. The van der Waals surface area contributed by atoms with Crippen molar-refractivity contribution in [3.63, 3.8) is 0 Å². The summed E-state index contributed by atoms with van der Waals surface area (Å²) >= 11 is 0. The van der Waals surface area contributed by atoms with Crippen LogP contribution in [0.25, 0.3) is 0 Å². The molecule has 0 aliphatic heterocycles. The van der Waals surface area contributed by atoms with Gasteiger partial charge in [0.1, 0.15) is 5.82 Å². The highest BCUT2D eigenvalue weighted by atomic mass is 16.3. The third-order valence-electron chi connectivity index (χ3n) is 1.33. The molecule has 0 aliphatic carbocycles. The van der Waals surface area contributed by atoms with Crippen molar-refractivity contribution in [3.05, 3.63) is 23.9 Å². The first-order valence-electron chi connectivity index (χ1n) is 3.58. The third kappa shape index (κ3) is 2.55. The number of aliphatic hydroxyl groups is 1. The maximum atomic E-state index is 9.02. The minimum absolute atomic E-state index is 0.357. The third-order valence-corrected chi connectivity index (χ3v) is 1.33. The molecule has 0 aliphatic rings. The smallest absolute Gasteiger partial charge is 0.123 e. The van der Waals surface area contributed by atoms with Gasteiger partial charge < -0.3 is 10.8 Å². The second kappa shape index (κ2) is 3.34. The number of pyridine rings is 1. The summed E-state index contributed by atoms with van der Waals surface area (Å²) in [5.41, 5.74) is 6.27. The zero-order valence-corrected chi connectivity index (χ0v) is 6.49. The topological polar surface area (TPSA) is 59.1 Å². The first-order valence-corrected chi connectivity index (χ1v) is 3.58. The van der Waals surface area contributed by atoms with Crippen molar-refractivity contribution in [2.75, 3.05) is 5.73 Å². The molecule has 3 heteroatoms. The Labute approximate surface area is 65.9 Å². The van der Waals surface area contributed by atoms with Crippen LogP contribution >= 0.6 is 0 Å². The van der Waals surface area contributed by atoms with E-state index in [0.717, 1.165) is 5.69 Å². The number of rotatable bonds is 2. The zero-order valence-electron chi connectivity index (χ0n) is 6.49. The van der Waals surface area contributed by atoms with Crippen LogP contribution in [0.1, 0.15) is 12.6 Å². The molecule has 60 valence electrons. The lowest BCUT2D eigenvalue weighted by Gasteiger charge is -2.02. The molecule has 1 rings (SSSR count). The predicted octanol–water partition coefficient (Wildman–Crippen LogP) is 0.587. The molecule has 0 saturated carbocycles. The standard InChI is InChI=1S/C8H12N2O/c1-6(11)5-7-3-2-4-8(9)10-7/h2-4,6,11H,5H2,1H3,(H2,9,10). The van der Waals surface area contributed by atoms with E-state index in [2.05, 4.69) is 4.98 Å². The fraction of sp³-hybridized carbons (Fsp3) is 0.375. The van der Waals surface area contributed by atoms with Crippen LogP contribution < -0.4 is 5.73 Å². The Morgan fingerprint density at radius 1 is 1.64 bits per heavy atom. The van der Waals surface area contributed by atoms with Gasteiger partial charge in [0.15, 0.2) is 0 Å². The van der Waals surface area contributed by atoms with Crippen LogP contribution in [0.4, 0.5) is 5.82 Å². The van der Waals surface area contributed by atoms with Gasteiger partial charge >= 0.3 is 0 Å². The molecular weight excluding hydrogens is 140 g/mol. The number of aliphatic hydroxyl groups excluding tert-OH is 1. The fourth-order valence-corrected chi connectivity index (χ4v) is 0.914. The normalized spacial score (nSPS) is 12.9. The lowest BCUT2D eigenvalue weighted by atomic mass is 10.2. The largest absolute Gasteiger partial charge is 0.393 e. The van der Waals surface area contributed by atoms with Gasteiger partial charge in [0, 0.05) is 12.1 Å². The quantitative estimate of drug-likeness (QED) is 0.652. The maximum Gasteiger partial charge on any atom is 0.123 e. The van der Waals surface area contributed by atoms with E-state index in [0.29, 0.717) is 12.2 Å². The van der Waals surface area contributed by atoms with Gasteiger partial charge in [0.05, 0.1) is 6.10 Å². The van der Waals surface area contributed by atoms with Crippen molar-refractivity contribution in [1.29, 1.82) is 0 Å². The number of nitrogens with two attached hydrogens (primary N) is 1. The number of anilines is 1. The van der Waals surface area contributed by atoms with Gasteiger partial charge in [-0.1, -0.05) is 6.07 Å². The summed E-state index contributed by atoms with van der Waals surface area (Å²) in [6, 6.07) is 5.41. The Balaban J connectivity index is 2.71. The van der Waals surface area contributed by atoms with E-state index in [9.17, 15) is 0 Å². The van der Waals surface area contributed by atoms with Crippen molar-refractivity contribution in [3.8, 4) is 0 Å². The van der Waals surface area contributed by atoms with E-state index < -0.39 is 0 Å². The van der Waals surface area contributed by atoms with Crippen LogP contribution in [-0.4, -0.2) is 16.2 Å². The zero-order chi connectivity index (χ0) is 8.27. The number of hydrogen-bond donors (Lipinski definition) is 2. The van der Waals surface area contributed by atoms with Crippen molar-refractivity contribution in [2.24, 2.45) is 0 Å². The average molecular weight is 152 g/mol. The first kappa shape index (κ1) is 8.01. The van der Waals surface area contributed by atoms with Crippen LogP contribution in [0.2, 0.25) is 0 Å². The fourth-order valence-electron chi connectivity index (χ4n) is 0.914. The van der Waals surface area contributed by atoms with E-state index >= 15 is 0 Å². The molecule has 0 amide bonds. The van der Waals surface area contributed by atoms with Gasteiger partial charge in [-0.05, 0) is 19.1 Å². The minimum atomic E-state index is -0.357. The highest BCUT2D eigenvalue weighted by Gasteiger charge is 1.99. The van der Waals surface area contributed by atoms with Crippen LogP contribution in [0.5, 0.6) is 0 Å². The molecule has 0 aromatic carbocycles. The molecule has 0 bridgehead atoms. The second-order valence-corrected chi connectivity index (χ2v) is 2.61. The van der Waals surface area contributed by atoms with Gasteiger partial charge in [-0.2, -0.15) is 0 Å². The van der Waals surface area contributed by atoms with Crippen LogP contribution in [-0.2, 0) is 6.42 Å². The Morgan fingerprint density at radius 2 is 2.36 bits per heavy atom. The summed E-state index contributed by atoms with van der Waals surface area (Å²) in [4.78, 5) is 4.03. The van der Waals surface area contributed by atoms with Gasteiger partial charge in [0.2, 0.25) is 0 Å². The number of hydrogen-bond acceptors (Lipinski definition) is 3. The predicted molar refractivity (Wildman–Crippen MR) is 44.0 cm³/mol. The van der Waals surface area contributed by atoms with E-state index in [1.807, 2.05) is 12.1 Å². The molecule has 11 heavy (non-hydrogen) atoms. The highest BCUT2D eigenvalue weighted by Crippen LogP contribution is 2.02. The number of aromatic nitrogens is 1. The Hall–Kier alpha value is -1.09. The van der Waals surface area contributed by atoms with E-state index in [1.54, 1.807) is 13.0 Å². The summed E-state index contributed by atoms with van der Waals surface area (Å²) in [5.74, 6) is 0.503. The molecule has 0 saturated heterocycles. The summed E-state index contributed by atoms with van der Waals surface area (Å²) in [6.07, 6.45) is 0.203. The average Bonchev–Trinajstić information content (AvgIpc) is 1.85. The molecule has 1 atom stereocenters. The second-order valence-electron chi connectivity index (χ2n) is 2.61. The van der Waals surface area contributed by atoms with Gasteiger partial charge in [-0.25, -0.2) is 4.98 Å². The monoisotopic (exact) mass is 152 g/mol. The highest BCUT2D eigenvalue weighted by molar-refractivity contribution is 5.28. The lowest BCUT2D eigenvalue weighted by Crippen LogP contribution is -2.06. The molecule has 3 N–H and O–H groups in total. The Morgan fingerprint density at radius 3 is 2.91 bits per heavy atom. The summed E-state index contributed by atoms with van der Waals surface area (Å²) in [6.45, 7) is 1.73. The summed E-state index contributed by atoms with van der Waals surface area (Å²) < 4.78 is 0.